The van der Waals surface area contributed by atoms with E-state index in [2.05, 4.69) is 4.74 Å². The van der Waals surface area contributed by atoms with Crippen LogP contribution in [0.3, 0.4) is 0 Å². The van der Waals surface area contributed by atoms with Crippen molar-refractivity contribution < 1.29 is 23.0 Å². The topological polar surface area (TPSA) is 65.7 Å². The maximum absolute atomic E-state index is 13.3. The van der Waals surface area contributed by atoms with Crippen LogP contribution < -0.4 is 15.2 Å². The predicted molar refractivity (Wildman–Crippen MR) is 120 cm³/mol. The zero-order valence-corrected chi connectivity index (χ0v) is 18.7. The summed E-state index contributed by atoms with van der Waals surface area (Å²) in [5, 5.41) is 0. The van der Waals surface area contributed by atoms with E-state index in [1.807, 2.05) is 31.2 Å². The van der Waals surface area contributed by atoms with Gasteiger partial charge in [0.15, 0.2) is 11.5 Å². The van der Waals surface area contributed by atoms with E-state index < -0.39 is 6.61 Å². The first-order valence-corrected chi connectivity index (χ1v) is 11.1. The highest BCUT2D eigenvalue weighted by molar-refractivity contribution is 5.81. The molecule has 0 bridgehead atoms. The highest BCUT2D eigenvalue weighted by atomic mass is 19.3. The molecule has 0 N–H and O–H groups in total. The average molecular weight is 459 g/mol. The molecule has 0 aliphatic heterocycles. The largest absolute Gasteiger partial charge is 0.490 e. The van der Waals surface area contributed by atoms with Crippen LogP contribution in [0.15, 0.2) is 47.3 Å². The van der Waals surface area contributed by atoms with E-state index in [0.29, 0.717) is 19.7 Å². The average Bonchev–Trinajstić information content (AvgIpc) is 3.59. The number of rotatable bonds is 10. The van der Waals surface area contributed by atoms with Gasteiger partial charge in [0.1, 0.15) is 6.54 Å². The van der Waals surface area contributed by atoms with Crippen LogP contribution in [0.2, 0.25) is 0 Å². The first kappa shape index (κ1) is 22.8. The van der Waals surface area contributed by atoms with Gasteiger partial charge in [0, 0.05) is 19.1 Å². The highest BCUT2D eigenvalue weighted by Gasteiger charge is 2.33. The van der Waals surface area contributed by atoms with Gasteiger partial charge in [0.2, 0.25) is 5.91 Å². The summed E-state index contributed by atoms with van der Waals surface area (Å²) in [4.78, 5) is 28.0. The molecule has 1 aliphatic rings. The van der Waals surface area contributed by atoms with Crippen molar-refractivity contribution in [2.45, 2.75) is 59.0 Å². The van der Waals surface area contributed by atoms with Gasteiger partial charge in [-0.05, 0) is 56.5 Å². The molecule has 2 aromatic carbocycles. The summed E-state index contributed by atoms with van der Waals surface area (Å²) in [6.07, 6.45) is 1.78. The van der Waals surface area contributed by atoms with E-state index >= 15 is 0 Å². The van der Waals surface area contributed by atoms with Gasteiger partial charge in [-0.1, -0.05) is 18.2 Å². The molecule has 1 heterocycles. The minimum atomic E-state index is -2.96. The van der Waals surface area contributed by atoms with E-state index in [0.717, 1.165) is 29.4 Å². The standard InChI is InChI=1S/C24H27F2N3O4/c1-3-27-18-7-5-6-8-19(18)29(24(27)31)15-22(30)28(17-10-11-17)14-16-9-12-20(33-23(25)26)21(13-16)32-4-2/h5-9,12-13,17,23H,3-4,10-11,14-15H2,1-2H3. The summed E-state index contributed by atoms with van der Waals surface area (Å²) in [6.45, 7) is 1.73. The Morgan fingerprint density at radius 1 is 1.09 bits per heavy atom. The number of benzene rings is 2. The lowest BCUT2D eigenvalue weighted by atomic mass is 10.1. The number of halogens is 2. The number of hydrogen-bond acceptors (Lipinski definition) is 4. The van der Waals surface area contributed by atoms with Gasteiger partial charge in [-0.15, -0.1) is 0 Å². The fourth-order valence-corrected chi connectivity index (χ4v) is 4.07. The molecule has 176 valence electrons. The number of carbonyl (C=O) groups is 1. The number of nitrogens with zero attached hydrogens (tertiary/aromatic N) is 3. The Hall–Kier alpha value is -3.36. The Bertz CT molecular complexity index is 1200. The van der Waals surface area contributed by atoms with Gasteiger partial charge < -0.3 is 14.4 Å². The maximum atomic E-state index is 13.3. The zero-order chi connectivity index (χ0) is 23.5. The Morgan fingerprint density at radius 2 is 1.79 bits per heavy atom. The summed E-state index contributed by atoms with van der Waals surface area (Å²) < 4.78 is 38.5. The number of ether oxygens (including phenoxy) is 2. The van der Waals surface area contributed by atoms with Crippen molar-refractivity contribution in [1.29, 1.82) is 0 Å². The van der Waals surface area contributed by atoms with Gasteiger partial charge in [-0.3, -0.25) is 13.9 Å². The SMILES string of the molecule is CCOc1cc(CN(C(=O)Cn2c(=O)n(CC)c3ccccc32)C2CC2)ccc1OC(F)F. The second-order valence-electron chi connectivity index (χ2n) is 7.95. The van der Waals surface area contributed by atoms with Crippen molar-refractivity contribution in [1.82, 2.24) is 14.0 Å². The molecule has 0 spiro atoms. The Kier molecular flexibility index (Phi) is 6.67. The first-order chi connectivity index (χ1) is 15.9. The van der Waals surface area contributed by atoms with Crippen LogP contribution in [0, 0.1) is 0 Å². The van der Waals surface area contributed by atoms with Gasteiger partial charge in [0.05, 0.1) is 17.6 Å². The van der Waals surface area contributed by atoms with Crippen LogP contribution >= 0.6 is 0 Å². The van der Waals surface area contributed by atoms with Crippen LogP contribution in [-0.4, -0.2) is 39.2 Å². The maximum Gasteiger partial charge on any atom is 0.387 e. The van der Waals surface area contributed by atoms with Crippen LogP contribution in [-0.2, 0) is 24.4 Å². The smallest absolute Gasteiger partial charge is 0.387 e. The minimum absolute atomic E-state index is 0.0428. The summed E-state index contributed by atoms with van der Waals surface area (Å²) in [7, 11) is 0. The molecule has 0 saturated heterocycles. The lowest BCUT2D eigenvalue weighted by molar-refractivity contribution is -0.133. The Labute approximate surface area is 190 Å². The molecule has 1 fully saturated rings. The fraction of sp³-hybridized carbons (Fsp3) is 0.417. The Balaban J connectivity index is 1.59. The normalized spacial score (nSPS) is 13.5. The van der Waals surface area contributed by atoms with Crippen LogP contribution in [0.5, 0.6) is 11.5 Å². The molecule has 1 aromatic heterocycles. The summed E-state index contributed by atoms with van der Waals surface area (Å²) in [5.74, 6) is 0.00373. The van der Waals surface area contributed by atoms with E-state index in [1.54, 1.807) is 28.5 Å². The lowest BCUT2D eigenvalue weighted by Crippen LogP contribution is -2.37. The zero-order valence-electron chi connectivity index (χ0n) is 18.7. The number of imidazole rings is 1. The molecule has 33 heavy (non-hydrogen) atoms. The van der Waals surface area contributed by atoms with Crippen molar-refractivity contribution in [2.75, 3.05) is 6.61 Å². The molecule has 1 aliphatic carbocycles. The lowest BCUT2D eigenvalue weighted by Gasteiger charge is -2.23. The summed E-state index contributed by atoms with van der Waals surface area (Å²) in [6, 6.07) is 12.2. The molecule has 7 nitrogen and oxygen atoms in total. The van der Waals surface area contributed by atoms with E-state index in [9.17, 15) is 18.4 Å². The number of carbonyl (C=O) groups excluding carboxylic acids is 1. The van der Waals surface area contributed by atoms with E-state index in [4.69, 9.17) is 4.74 Å². The van der Waals surface area contributed by atoms with Gasteiger partial charge in [-0.2, -0.15) is 8.78 Å². The van der Waals surface area contributed by atoms with Gasteiger partial charge >= 0.3 is 12.3 Å². The third kappa shape index (κ3) is 4.86. The quantitative estimate of drug-likeness (QED) is 0.460. The number of fused-ring (bicyclic) bond motifs is 1. The number of amides is 1. The third-order valence-corrected chi connectivity index (χ3v) is 5.72. The van der Waals surface area contributed by atoms with E-state index in [-0.39, 0.29) is 35.7 Å². The van der Waals surface area contributed by atoms with Crippen molar-refractivity contribution in [3.8, 4) is 11.5 Å². The van der Waals surface area contributed by atoms with Crippen LogP contribution in [0.25, 0.3) is 11.0 Å². The number of hydrogen-bond donors (Lipinski definition) is 0. The summed E-state index contributed by atoms with van der Waals surface area (Å²) >= 11 is 0. The van der Waals surface area contributed by atoms with Crippen molar-refractivity contribution in [3.05, 3.63) is 58.5 Å². The molecule has 4 rings (SSSR count). The van der Waals surface area contributed by atoms with Crippen molar-refractivity contribution >= 4 is 16.9 Å². The first-order valence-electron chi connectivity index (χ1n) is 11.1. The minimum Gasteiger partial charge on any atom is -0.490 e. The molecule has 9 heteroatoms. The van der Waals surface area contributed by atoms with Crippen LogP contribution in [0.4, 0.5) is 8.78 Å². The molecular formula is C24H27F2N3O4. The second kappa shape index (κ2) is 9.64. The number of aromatic nitrogens is 2. The van der Waals surface area contributed by atoms with Gasteiger partial charge in [0.25, 0.3) is 0 Å². The highest BCUT2D eigenvalue weighted by Crippen LogP contribution is 2.33. The van der Waals surface area contributed by atoms with Crippen molar-refractivity contribution in [2.24, 2.45) is 0 Å². The third-order valence-electron chi connectivity index (χ3n) is 5.72. The number of aryl methyl sites for hydroxylation is 1. The van der Waals surface area contributed by atoms with E-state index in [1.165, 1.54) is 10.6 Å². The van der Waals surface area contributed by atoms with Crippen LogP contribution in [0.1, 0.15) is 32.3 Å². The molecule has 1 saturated carbocycles. The Morgan fingerprint density at radius 3 is 2.39 bits per heavy atom. The molecule has 0 radical (unpaired) electrons. The second-order valence-corrected chi connectivity index (χ2v) is 7.95. The molecular weight excluding hydrogens is 432 g/mol. The fourth-order valence-electron chi connectivity index (χ4n) is 4.07. The number of para-hydroxylation sites is 2. The van der Waals surface area contributed by atoms with Crippen molar-refractivity contribution in [3.63, 3.8) is 0 Å². The molecule has 0 atom stereocenters. The summed E-state index contributed by atoms with van der Waals surface area (Å²) in [5.41, 5.74) is 2.05. The molecule has 1 amide bonds. The monoisotopic (exact) mass is 459 g/mol. The molecule has 0 unspecified atom stereocenters. The molecule has 3 aromatic rings. The predicted octanol–water partition coefficient (Wildman–Crippen LogP) is 4.01. The number of alkyl halides is 2. The van der Waals surface area contributed by atoms with Gasteiger partial charge in [-0.25, -0.2) is 4.79 Å².